The number of benzene rings is 1. The maximum absolute atomic E-state index is 6.03. The van der Waals surface area contributed by atoms with Crippen molar-refractivity contribution >= 4 is 11.6 Å². The molecule has 0 spiro atoms. The molecule has 0 saturated heterocycles. The van der Waals surface area contributed by atoms with Crippen LogP contribution in [-0.2, 0) is 6.54 Å². The zero-order valence-corrected chi connectivity index (χ0v) is 8.50. The molecule has 0 atom stereocenters. The first-order valence-corrected chi connectivity index (χ1v) is 4.43. The molecule has 0 radical (unpaired) electrons. The molecule has 0 aliphatic heterocycles. The van der Waals surface area contributed by atoms with Gasteiger partial charge >= 0.3 is 0 Å². The first kappa shape index (κ1) is 9.56. The van der Waals surface area contributed by atoms with Crippen LogP contribution in [0.4, 0.5) is 0 Å². The van der Waals surface area contributed by atoms with E-state index >= 15 is 0 Å². The molecule has 2 heteroatoms. The Hall–Kier alpha value is -0.530. The fraction of sp³-hybridized carbons (Fsp3) is 0.400. The van der Waals surface area contributed by atoms with Crippen molar-refractivity contribution in [3.63, 3.8) is 0 Å². The highest BCUT2D eigenvalue weighted by molar-refractivity contribution is 6.31. The molecule has 1 aromatic rings. The highest BCUT2D eigenvalue weighted by atomic mass is 35.5. The molecule has 0 heterocycles. The molecular weight excluding hydrogens is 170 g/mol. The quantitative estimate of drug-likeness (QED) is 0.744. The summed E-state index contributed by atoms with van der Waals surface area (Å²) in [6.07, 6.45) is 0. The lowest BCUT2D eigenvalue weighted by atomic mass is 10.1. The molecular formula is C10H14ClN. The van der Waals surface area contributed by atoms with Crippen LogP contribution >= 0.6 is 11.6 Å². The molecule has 66 valence electrons. The summed E-state index contributed by atoms with van der Waals surface area (Å²) < 4.78 is 0. The van der Waals surface area contributed by atoms with Crippen molar-refractivity contribution in [3.8, 4) is 0 Å². The molecule has 0 fully saturated rings. The molecule has 1 aromatic carbocycles. The molecule has 0 aliphatic carbocycles. The van der Waals surface area contributed by atoms with Crippen LogP contribution in [0.25, 0.3) is 0 Å². The van der Waals surface area contributed by atoms with Crippen LogP contribution in [-0.4, -0.2) is 7.05 Å². The Kier molecular flexibility index (Phi) is 3.12. The largest absolute Gasteiger partial charge is 0.316 e. The van der Waals surface area contributed by atoms with E-state index in [1.54, 1.807) is 0 Å². The summed E-state index contributed by atoms with van der Waals surface area (Å²) in [5.41, 5.74) is 3.68. The average molecular weight is 184 g/mol. The number of hydrogen-bond acceptors (Lipinski definition) is 1. The van der Waals surface area contributed by atoms with E-state index in [1.807, 2.05) is 13.1 Å². The fourth-order valence-corrected chi connectivity index (χ4v) is 1.55. The van der Waals surface area contributed by atoms with Crippen LogP contribution in [0.3, 0.4) is 0 Å². The van der Waals surface area contributed by atoms with Crippen LogP contribution in [0.5, 0.6) is 0 Å². The second-order valence-corrected chi connectivity index (χ2v) is 3.47. The van der Waals surface area contributed by atoms with Gasteiger partial charge in [-0.2, -0.15) is 0 Å². The molecule has 1 nitrogen and oxygen atoms in total. The van der Waals surface area contributed by atoms with E-state index < -0.39 is 0 Å². The van der Waals surface area contributed by atoms with Gasteiger partial charge in [0.25, 0.3) is 0 Å². The molecule has 0 unspecified atom stereocenters. The Bertz CT molecular complexity index is 281. The van der Waals surface area contributed by atoms with E-state index in [0.29, 0.717) is 0 Å². The second-order valence-electron chi connectivity index (χ2n) is 3.06. The normalized spacial score (nSPS) is 10.3. The van der Waals surface area contributed by atoms with Crippen molar-refractivity contribution in [1.82, 2.24) is 5.32 Å². The van der Waals surface area contributed by atoms with Gasteiger partial charge in [0.1, 0.15) is 0 Å². The molecule has 0 saturated carbocycles. The Morgan fingerprint density at radius 1 is 1.33 bits per heavy atom. The number of nitrogens with one attached hydrogen (secondary N) is 1. The standard InChI is InChI=1S/C10H14ClN/c1-7-4-9(6-12-3)8(2)10(11)5-7/h4-5,12H,6H2,1-3H3. The van der Waals surface area contributed by atoms with Crippen molar-refractivity contribution in [3.05, 3.63) is 33.8 Å². The maximum Gasteiger partial charge on any atom is 0.0441 e. The summed E-state index contributed by atoms with van der Waals surface area (Å²) in [5.74, 6) is 0. The van der Waals surface area contributed by atoms with E-state index in [0.717, 1.165) is 11.6 Å². The average Bonchev–Trinajstić information content (AvgIpc) is 2.00. The number of rotatable bonds is 2. The third kappa shape index (κ3) is 1.99. The van der Waals surface area contributed by atoms with Gasteiger partial charge in [-0.3, -0.25) is 0 Å². The van der Waals surface area contributed by atoms with E-state index in [-0.39, 0.29) is 0 Å². The van der Waals surface area contributed by atoms with Gasteiger partial charge in [0.2, 0.25) is 0 Å². The predicted octanol–water partition coefficient (Wildman–Crippen LogP) is 2.68. The summed E-state index contributed by atoms with van der Waals surface area (Å²) in [7, 11) is 1.94. The van der Waals surface area contributed by atoms with Crippen molar-refractivity contribution in [1.29, 1.82) is 0 Å². The van der Waals surface area contributed by atoms with Gasteiger partial charge in [-0.25, -0.2) is 0 Å². The summed E-state index contributed by atoms with van der Waals surface area (Å²) in [5, 5.41) is 3.98. The minimum absolute atomic E-state index is 0.861. The van der Waals surface area contributed by atoms with Crippen LogP contribution in [0, 0.1) is 13.8 Å². The van der Waals surface area contributed by atoms with Gasteiger partial charge in [0, 0.05) is 11.6 Å². The molecule has 1 rings (SSSR count). The topological polar surface area (TPSA) is 12.0 Å². The summed E-state index contributed by atoms with van der Waals surface area (Å²) in [6.45, 7) is 4.99. The van der Waals surface area contributed by atoms with E-state index in [2.05, 4.69) is 25.2 Å². The van der Waals surface area contributed by atoms with Gasteiger partial charge < -0.3 is 5.32 Å². The first-order valence-electron chi connectivity index (χ1n) is 4.05. The lowest BCUT2D eigenvalue weighted by molar-refractivity contribution is 0.811. The molecule has 0 bridgehead atoms. The smallest absolute Gasteiger partial charge is 0.0441 e. The van der Waals surface area contributed by atoms with Crippen LogP contribution < -0.4 is 5.32 Å². The van der Waals surface area contributed by atoms with Crippen molar-refractivity contribution < 1.29 is 0 Å². The third-order valence-corrected chi connectivity index (χ3v) is 2.36. The van der Waals surface area contributed by atoms with E-state index in [1.165, 1.54) is 16.7 Å². The van der Waals surface area contributed by atoms with Gasteiger partial charge in [0.05, 0.1) is 0 Å². The lowest BCUT2D eigenvalue weighted by Gasteiger charge is -2.08. The summed E-state index contributed by atoms with van der Waals surface area (Å²) >= 11 is 6.03. The third-order valence-electron chi connectivity index (χ3n) is 1.96. The zero-order chi connectivity index (χ0) is 9.14. The Morgan fingerprint density at radius 3 is 2.58 bits per heavy atom. The van der Waals surface area contributed by atoms with Gasteiger partial charge in [-0.1, -0.05) is 17.7 Å². The lowest BCUT2D eigenvalue weighted by Crippen LogP contribution is -2.07. The van der Waals surface area contributed by atoms with Crippen LogP contribution in [0.2, 0.25) is 5.02 Å². The highest BCUT2D eigenvalue weighted by Gasteiger charge is 2.02. The number of aryl methyl sites for hydroxylation is 1. The highest BCUT2D eigenvalue weighted by Crippen LogP contribution is 2.20. The van der Waals surface area contributed by atoms with Crippen molar-refractivity contribution in [2.24, 2.45) is 0 Å². The van der Waals surface area contributed by atoms with Gasteiger partial charge in [0.15, 0.2) is 0 Å². The SMILES string of the molecule is CNCc1cc(C)cc(Cl)c1C. The molecule has 1 N–H and O–H groups in total. The Morgan fingerprint density at radius 2 is 2.00 bits per heavy atom. The summed E-state index contributed by atoms with van der Waals surface area (Å²) in [4.78, 5) is 0. The Labute approximate surface area is 78.7 Å². The number of halogens is 1. The zero-order valence-electron chi connectivity index (χ0n) is 7.74. The van der Waals surface area contributed by atoms with Crippen LogP contribution in [0.1, 0.15) is 16.7 Å². The van der Waals surface area contributed by atoms with Crippen molar-refractivity contribution in [2.45, 2.75) is 20.4 Å². The molecule has 0 amide bonds. The maximum atomic E-state index is 6.03. The first-order chi connectivity index (χ1) is 5.65. The minimum Gasteiger partial charge on any atom is -0.316 e. The summed E-state index contributed by atoms with van der Waals surface area (Å²) in [6, 6.07) is 4.16. The Balaban J connectivity index is 3.09. The monoisotopic (exact) mass is 183 g/mol. The second kappa shape index (κ2) is 3.92. The van der Waals surface area contributed by atoms with Gasteiger partial charge in [-0.15, -0.1) is 0 Å². The van der Waals surface area contributed by atoms with E-state index in [9.17, 15) is 0 Å². The van der Waals surface area contributed by atoms with E-state index in [4.69, 9.17) is 11.6 Å². The number of hydrogen-bond donors (Lipinski definition) is 1. The molecule has 12 heavy (non-hydrogen) atoms. The molecule has 0 aromatic heterocycles. The van der Waals surface area contributed by atoms with Crippen LogP contribution in [0.15, 0.2) is 12.1 Å². The molecule has 0 aliphatic rings. The van der Waals surface area contributed by atoms with Gasteiger partial charge in [-0.05, 0) is 43.7 Å². The minimum atomic E-state index is 0.861. The fourth-order valence-electron chi connectivity index (χ4n) is 1.26. The predicted molar refractivity (Wildman–Crippen MR) is 53.7 cm³/mol. The van der Waals surface area contributed by atoms with Crippen molar-refractivity contribution in [2.75, 3.05) is 7.05 Å².